The monoisotopic (exact) mass is 267 g/mol. The maximum absolute atomic E-state index is 12.0. The molecule has 1 fully saturated rings. The number of nitrogens with zero attached hydrogens (tertiary/aromatic N) is 3. The molecule has 0 aliphatic carbocycles. The average molecular weight is 267 g/mol. The molecule has 1 aliphatic heterocycles. The van der Waals surface area contributed by atoms with E-state index in [1.54, 1.807) is 15.8 Å². The van der Waals surface area contributed by atoms with E-state index in [0.717, 1.165) is 6.42 Å². The van der Waals surface area contributed by atoms with Gasteiger partial charge in [0.05, 0.1) is 5.51 Å². The van der Waals surface area contributed by atoms with Crippen LogP contribution in [0.5, 0.6) is 0 Å². The van der Waals surface area contributed by atoms with Crippen molar-refractivity contribution in [1.82, 2.24) is 14.8 Å². The fourth-order valence-electron chi connectivity index (χ4n) is 2.01. The van der Waals surface area contributed by atoms with Crippen LogP contribution in [0, 0.1) is 0 Å². The van der Waals surface area contributed by atoms with E-state index in [0.29, 0.717) is 38.3 Å². The smallest absolute Gasteiger partial charge is 0.273 e. The summed E-state index contributed by atoms with van der Waals surface area (Å²) in [7, 11) is 0. The Morgan fingerprint density at radius 3 is 2.50 bits per heavy atom. The van der Waals surface area contributed by atoms with E-state index in [2.05, 4.69) is 4.98 Å². The predicted octanol–water partition coefficient (Wildman–Crippen LogP) is 1.23. The Hall–Kier alpha value is -1.43. The van der Waals surface area contributed by atoms with Gasteiger partial charge in [0.25, 0.3) is 5.91 Å². The summed E-state index contributed by atoms with van der Waals surface area (Å²) in [4.78, 5) is 31.4. The van der Waals surface area contributed by atoms with E-state index in [4.69, 9.17) is 0 Å². The topological polar surface area (TPSA) is 53.5 Å². The van der Waals surface area contributed by atoms with Crippen molar-refractivity contribution in [2.24, 2.45) is 0 Å². The lowest BCUT2D eigenvalue weighted by Crippen LogP contribution is -2.50. The van der Waals surface area contributed by atoms with Crippen molar-refractivity contribution in [3.05, 3.63) is 16.6 Å². The lowest BCUT2D eigenvalue weighted by molar-refractivity contribution is -0.132. The molecule has 2 amide bonds. The molecule has 2 heterocycles. The molecule has 1 saturated heterocycles. The molecule has 0 saturated carbocycles. The van der Waals surface area contributed by atoms with Gasteiger partial charge in [-0.25, -0.2) is 4.98 Å². The third kappa shape index (κ3) is 2.87. The van der Waals surface area contributed by atoms with Gasteiger partial charge in [0.1, 0.15) is 5.69 Å². The van der Waals surface area contributed by atoms with Crippen molar-refractivity contribution in [3.63, 3.8) is 0 Å². The van der Waals surface area contributed by atoms with E-state index in [-0.39, 0.29) is 11.8 Å². The Balaban J connectivity index is 1.87. The van der Waals surface area contributed by atoms with Gasteiger partial charge in [-0.1, -0.05) is 6.92 Å². The molecule has 0 atom stereocenters. The van der Waals surface area contributed by atoms with Gasteiger partial charge in [0.15, 0.2) is 0 Å². The average Bonchev–Trinajstić information content (AvgIpc) is 2.92. The Labute approximate surface area is 110 Å². The molecule has 6 heteroatoms. The van der Waals surface area contributed by atoms with Gasteiger partial charge < -0.3 is 9.80 Å². The van der Waals surface area contributed by atoms with Crippen LogP contribution < -0.4 is 0 Å². The highest BCUT2D eigenvalue weighted by Crippen LogP contribution is 2.10. The lowest BCUT2D eigenvalue weighted by atomic mass is 10.2. The maximum Gasteiger partial charge on any atom is 0.273 e. The van der Waals surface area contributed by atoms with Crippen molar-refractivity contribution in [1.29, 1.82) is 0 Å². The zero-order valence-electron chi connectivity index (χ0n) is 10.5. The van der Waals surface area contributed by atoms with Crippen molar-refractivity contribution in [3.8, 4) is 0 Å². The highest BCUT2D eigenvalue weighted by atomic mass is 32.1. The molecule has 0 N–H and O–H groups in total. The molecule has 1 aromatic heterocycles. The van der Waals surface area contributed by atoms with E-state index in [1.165, 1.54) is 11.3 Å². The molecular weight excluding hydrogens is 250 g/mol. The van der Waals surface area contributed by atoms with Gasteiger partial charge >= 0.3 is 0 Å². The largest absolute Gasteiger partial charge is 0.339 e. The third-order valence-corrected chi connectivity index (χ3v) is 3.62. The van der Waals surface area contributed by atoms with Gasteiger partial charge in [0.2, 0.25) is 5.91 Å². The summed E-state index contributed by atoms with van der Waals surface area (Å²) in [6.45, 7) is 4.47. The van der Waals surface area contributed by atoms with Crippen molar-refractivity contribution in [2.45, 2.75) is 19.8 Å². The zero-order valence-corrected chi connectivity index (χ0v) is 11.3. The minimum absolute atomic E-state index is 0.0289. The van der Waals surface area contributed by atoms with Gasteiger partial charge in [-0.3, -0.25) is 9.59 Å². The van der Waals surface area contributed by atoms with Crippen LogP contribution in [-0.4, -0.2) is 52.8 Å². The number of hydrogen-bond donors (Lipinski definition) is 0. The van der Waals surface area contributed by atoms with Crippen LogP contribution in [0.15, 0.2) is 10.9 Å². The van der Waals surface area contributed by atoms with Crippen LogP contribution in [-0.2, 0) is 4.79 Å². The number of amides is 2. The number of aromatic nitrogens is 1. The summed E-state index contributed by atoms with van der Waals surface area (Å²) in [6, 6.07) is 0. The summed E-state index contributed by atoms with van der Waals surface area (Å²) >= 11 is 1.42. The maximum atomic E-state index is 12.0. The van der Waals surface area contributed by atoms with Crippen LogP contribution in [0.4, 0.5) is 0 Å². The molecule has 1 aromatic rings. The molecule has 0 aromatic carbocycles. The molecule has 18 heavy (non-hydrogen) atoms. The fraction of sp³-hybridized carbons (Fsp3) is 0.583. The van der Waals surface area contributed by atoms with Gasteiger partial charge in [-0.15, -0.1) is 11.3 Å². The highest BCUT2D eigenvalue weighted by molar-refractivity contribution is 7.07. The number of piperazine rings is 1. The molecule has 2 rings (SSSR count). The van der Waals surface area contributed by atoms with E-state index in [1.807, 2.05) is 11.8 Å². The van der Waals surface area contributed by atoms with Crippen LogP contribution in [0.25, 0.3) is 0 Å². The Bertz CT molecular complexity index is 411. The lowest BCUT2D eigenvalue weighted by Gasteiger charge is -2.34. The zero-order chi connectivity index (χ0) is 13.0. The molecule has 0 spiro atoms. The Morgan fingerprint density at radius 1 is 1.28 bits per heavy atom. The quantitative estimate of drug-likeness (QED) is 0.827. The van der Waals surface area contributed by atoms with Crippen molar-refractivity contribution in [2.75, 3.05) is 26.2 Å². The second kappa shape index (κ2) is 5.95. The summed E-state index contributed by atoms with van der Waals surface area (Å²) in [5.41, 5.74) is 2.17. The van der Waals surface area contributed by atoms with Crippen LogP contribution in [0.1, 0.15) is 30.3 Å². The summed E-state index contributed by atoms with van der Waals surface area (Å²) in [5, 5.41) is 1.76. The first-order valence-corrected chi connectivity index (χ1v) is 7.12. The minimum atomic E-state index is -0.0289. The molecule has 98 valence electrons. The van der Waals surface area contributed by atoms with Gasteiger partial charge in [-0.2, -0.15) is 0 Å². The number of thiazole rings is 1. The first-order valence-electron chi connectivity index (χ1n) is 6.17. The predicted molar refractivity (Wildman–Crippen MR) is 69.5 cm³/mol. The van der Waals surface area contributed by atoms with Crippen molar-refractivity contribution >= 4 is 23.2 Å². The molecule has 5 nitrogen and oxygen atoms in total. The summed E-state index contributed by atoms with van der Waals surface area (Å²) in [6.07, 6.45) is 1.47. The number of hydrogen-bond acceptors (Lipinski definition) is 4. The Kier molecular flexibility index (Phi) is 4.30. The first kappa shape index (κ1) is 13.0. The standard InChI is InChI=1S/C12H17N3O2S/c1-2-3-11(16)14-4-6-15(7-5-14)12(17)10-8-18-9-13-10/h8-9H,2-7H2,1H3. The minimum Gasteiger partial charge on any atom is -0.339 e. The normalized spacial score (nSPS) is 15.8. The van der Waals surface area contributed by atoms with Gasteiger partial charge in [-0.05, 0) is 6.42 Å². The van der Waals surface area contributed by atoms with E-state index < -0.39 is 0 Å². The van der Waals surface area contributed by atoms with E-state index in [9.17, 15) is 9.59 Å². The van der Waals surface area contributed by atoms with Crippen LogP contribution in [0.3, 0.4) is 0 Å². The van der Waals surface area contributed by atoms with Crippen molar-refractivity contribution < 1.29 is 9.59 Å². The molecule has 0 radical (unpaired) electrons. The number of rotatable bonds is 3. The molecule has 1 aliphatic rings. The Morgan fingerprint density at radius 2 is 1.94 bits per heavy atom. The molecular formula is C12H17N3O2S. The van der Waals surface area contributed by atoms with E-state index >= 15 is 0 Å². The molecule has 0 bridgehead atoms. The summed E-state index contributed by atoms with van der Waals surface area (Å²) < 4.78 is 0. The molecule has 0 unspecified atom stereocenters. The number of carbonyl (C=O) groups excluding carboxylic acids is 2. The first-order chi connectivity index (χ1) is 8.72. The second-order valence-electron chi connectivity index (χ2n) is 4.30. The fourth-order valence-corrected chi connectivity index (χ4v) is 2.54. The second-order valence-corrected chi connectivity index (χ2v) is 5.02. The number of carbonyl (C=O) groups is 2. The van der Waals surface area contributed by atoms with Crippen LogP contribution in [0.2, 0.25) is 0 Å². The third-order valence-electron chi connectivity index (χ3n) is 3.03. The van der Waals surface area contributed by atoms with Crippen LogP contribution >= 0.6 is 11.3 Å². The van der Waals surface area contributed by atoms with Gasteiger partial charge in [0, 0.05) is 38.0 Å². The SMILES string of the molecule is CCCC(=O)N1CCN(C(=O)c2cscn2)CC1. The highest BCUT2D eigenvalue weighted by Gasteiger charge is 2.24. The summed E-state index contributed by atoms with van der Waals surface area (Å²) in [5.74, 6) is 0.164.